The van der Waals surface area contributed by atoms with Crippen molar-refractivity contribution in [2.45, 2.75) is 12.5 Å². The van der Waals surface area contributed by atoms with E-state index in [1.54, 1.807) is 30.3 Å². The lowest BCUT2D eigenvalue weighted by Gasteiger charge is -2.16. The average molecular weight is 259 g/mol. The van der Waals surface area contributed by atoms with Crippen LogP contribution in [0.4, 0.5) is 0 Å². The van der Waals surface area contributed by atoms with Crippen LogP contribution >= 0.6 is 0 Å². The minimum Gasteiger partial charge on any atom is -0.481 e. The number of hydrogen-bond acceptors (Lipinski definition) is 3. The lowest BCUT2D eigenvalue weighted by atomic mass is 10.0. The Bertz CT molecular complexity index is 548. The highest BCUT2D eigenvalue weighted by atomic mass is 16.4. The molecule has 0 aliphatic carbocycles. The van der Waals surface area contributed by atoms with Crippen molar-refractivity contribution >= 4 is 11.9 Å². The summed E-state index contributed by atoms with van der Waals surface area (Å²) < 4.78 is 4.98. The highest BCUT2D eigenvalue weighted by Gasteiger charge is 2.19. The highest BCUT2D eigenvalue weighted by molar-refractivity contribution is 5.91. The topological polar surface area (TPSA) is 79.5 Å². The molecule has 0 radical (unpaired) electrons. The molecule has 19 heavy (non-hydrogen) atoms. The van der Waals surface area contributed by atoms with Gasteiger partial charge in [-0.05, 0) is 17.7 Å². The molecular weight excluding hydrogens is 246 g/mol. The molecule has 2 rings (SSSR count). The number of aliphatic carboxylic acids is 1. The van der Waals surface area contributed by atoms with Gasteiger partial charge in [0, 0.05) is 0 Å². The number of carboxylic acid groups (broad SMARTS) is 1. The van der Waals surface area contributed by atoms with E-state index >= 15 is 0 Å². The number of carbonyl (C=O) groups excluding carboxylic acids is 1. The van der Waals surface area contributed by atoms with E-state index in [0.717, 1.165) is 5.56 Å². The second kappa shape index (κ2) is 5.86. The van der Waals surface area contributed by atoms with Crippen molar-refractivity contribution in [1.82, 2.24) is 5.32 Å². The summed E-state index contributed by atoms with van der Waals surface area (Å²) in [4.78, 5) is 22.7. The predicted octanol–water partition coefficient (Wildman–Crippen LogP) is 2.23. The molecule has 1 heterocycles. The molecule has 0 saturated heterocycles. The molecule has 1 aromatic heterocycles. The van der Waals surface area contributed by atoms with Gasteiger partial charge in [-0.25, -0.2) is 0 Å². The zero-order valence-electron chi connectivity index (χ0n) is 10.1. The van der Waals surface area contributed by atoms with Crippen LogP contribution in [0.2, 0.25) is 0 Å². The van der Waals surface area contributed by atoms with Gasteiger partial charge >= 0.3 is 5.97 Å². The molecule has 0 aliphatic heterocycles. The first kappa shape index (κ1) is 12.9. The molecule has 0 bridgehead atoms. The first-order valence-electron chi connectivity index (χ1n) is 5.78. The number of nitrogens with one attached hydrogen (secondary N) is 1. The van der Waals surface area contributed by atoms with Crippen molar-refractivity contribution in [1.29, 1.82) is 0 Å². The van der Waals surface area contributed by atoms with E-state index in [9.17, 15) is 9.59 Å². The van der Waals surface area contributed by atoms with Gasteiger partial charge in [-0.15, -0.1) is 0 Å². The maximum Gasteiger partial charge on any atom is 0.305 e. The van der Waals surface area contributed by atoms with Gasteiger partial charge in [-0.2, -0.15) is 0 Å². The van der Waals surface area contributed by atoms with Crippen molar-refractivity contribution in [2.75, 3.05) is 0 Å². The molecule has 0 spiro atoms. The normalized spacial score (nSPS) is 11.8. The van der Waals surface area contributed by atoms with Crippen LogP contribution in [0, 0.1) is 0 Å². The van der Waals surface area contributed by atoms with E-state index in [-0.39, 0.29) is 12.2 Å². The summed E-state index contributed by atoms with van der Waals surface area (Å²) in [6.45, 7) is 0. The van der Waals surface area contributed by atoms with Crippen LogP contribution in [-0.2, 0) is 4.79 Å². The molecule has 0 fully saturated rings. The summed E-state index contributed by atoms with van der Waals surface area (Å²) >= 11 is 0. The molecule has 0 aliphatic rings. The highest BCUT2D eigenvalue weighted by Crippen LogP contribution is 2.17. The first-order chi connectivity index (χ1) is 9.16. The largest absolute Gasteiger partial charge is 0.481 e. The average Bonchev–Trinajstić information content (AvgIpc) is 2.92. The van der Waals surface area contributed by atoms with Gasteiger partial charge in [0.2, 0.25) is 0 Å². The van der Waals surface area contributed by atoms with Gasteiger partial charge in [0.05, 0.1) is 18.7 Å². The molecule has 0 unspecified atom stereocenters. The van der Waals surface area contributed by atoms with Crippen molar-refractivity contribution < 1.29 is 19.1 Å². The smallest absolute Gasteiger partial charge is 0.305 e. The van der Waals surface area contributed by atoms with Crippen molar-refractivity contribution in [3.8, 4) is 0 Å². The SMILES string of the molecule is O=C(O)C[C@H](NC(=O)c1ccco1)c1ccccc1. The summed E-state index contributed by atoms with van der Waals surface area (Å²) in [5, 5.41) is 11.6. The predicted molar refractivity (Wildman–Crippen MR) is 67.6 cm³/mol. The van der Waals surface area contributed by atoms with E-state index in [2.05, 4.69) is 5.32 Å². The molecule has 1 aromatic carbocycles. The molecule has 1 atom stereocenters. The zero-order chi connectivity index (χ0) is 13.7. The minimum absolute atomic E-state index is 0.159. The Hall–Kier alpha value is -2.56. The van der Waals surface area contributed by atoms with Crippen LogP contribution in [0.15, 0.2) is 53.1 Å². The fraction of sp³-hybridized carbons (Fsp3) is 0.143. The van der Waals surface area contributed by atoms with Crippen molar-refractivity contribution in [3.05, 3.63) is 60.1 Å². The second-order valence-corrected chi connectivity index (χ2v) is 4.01. The van der Waals surface area contributed by atoms with Crippen LogP contribution in [0.1, 0.15) is 28.6 Å². The monoisotopic (exact) mass is 259 g/mol. The summed E-state index contributed by atoms with van der Waals surface area (Å²) in [5.74, 6) is -1.25. The van der Waals surface area contributed by atoms with E-state index in [0.29, 0.717) is 0 Å². The van der Waals surface area contributed by atoms with E-state index < -0.39 is 17.9 Å². The zero-order valence-corrected chi connectivity index (χ0v) is 10.1. The maximum absolute atomic E-state index is 11.9. The Morgan fingerprint density at radius 2 is 1.89 bits per heavy atom. The third kappa shape index (κ3) is 3.45. The Kier molecular flexibility index (Phi) is 3.97. The van der Waals surface area contributed by atoms with Crippen LogP contribution in [0.25, 0.3) is 0 Å². The molecule has 2 N–H and O–H groups in total. The first-order valence-corrected chi connectivity index (χ1v) is 5.78. The van der Waals surface area contributed by atoms with E-state index in [1.807, 2.05) is 6.07 Å². The lowest BCUT2D eigenvalue weighted by Crippen LogP contribution is -2.29. The Morgan fingerprint density at radius 1 is 1.16 bits per heavy atom. The molecule has 5 heteroatoms. The molecule has 2 aromatic rings. The third-order valence-corrected chi connectivity index (χ3v) is 2.63. The van der Waals surface area contributed by atoms with Crippen LogP contribution < -0.4 is 5.32 Å². The number of rotatable bonds is 5. The van der Waals surface area contributed by atoms with Gasteiger partial charge in [0.1, 0.15) is 0 Å². The molecule has 1 amide bonds. The molecule has 5 nitrogen and oxygen atoms in total. The summed E-state index contributed by atoms with van der Waals surface area (Å²) in [7, 11) is 0. The van der Waals surface area contributed by atoms with Crippen molar-refractivity contribution in [3.63, 3.8) is 0 Å². The molecule has 0 saturated carbocycles. The van der Waals surface area contributed by atoms with Gasteiger partial charge in [-0.1, -0.05) is 30.3 Å². The fourth-order valence-electron chi connectivity index (χ4n) is 1.75. The number of hydrogen-bond donors (Lipinski definition) is 2. The van der Waals surface area contributed by atoms with E-state index in [4.69, 9.17) is 9.52 Å². The Labute approximate surface area is 109 Å². The van der Waals surface area contributed by atoms with Crippen LogP contribution in [0.3, 0.4) is 0 Å². The van der Waals surface area contributed by atoms with Crippen LogP contribution in [-0.4, -0.2) is 17.0 Å². The summed E-state index contributed by atoms with van der Waals surface area (Å²) in [6.07, 6.45) is 1.21. The standard InChI is InChI=1S/C14H13NO4/c16-13(17)9-11(10-5-2-1-3-6-10)15-14(18)12-7-4-8-19-12/h1-8,11H,9H2,(H,15,18)(H,16,17)/t11-/m0/s1. The second-order valence-electron chi connectivity index (χ2n) is 4.01. The van der Waals surface area contributed by atoms with E-state index in [1.165, 1.54) is 12.3 Å². The van der Waals surface area contributed by atoms with Gasteiger partial charge in [0.15, 0.2) is 5.76 Å². The van der Waals surface area contributed by atoms with Gasteiger partial charge in [-0.3, -0.25) is 9.59 Å². The number of benzene rings is 1. The number of carboxylic acids is 1. The van der Waals surface area contributed by atoms with Gasteiger partial charge in [0.25, 0.3) is 5.91 Å². The lowest BCUT2D eigenvalue weighted by molar-refractivity contribution is -0.137. The molecular formula is C14H13NO4. The van der Waals surface area contributed by atoms with Crippen LogP contribution in [0.5, 0.6) is 0 Å². The summed E-state index contributed by atoms with van der Waals surface area (Å²) in [6, 6.07) is 11.5. The summed E-state index contributed by atoms with van der Waals surface area (Å²) in [5.41, 5.74) is 0.741. The number of amides is 1. The fourth-order valence-corrected chi connectivity index (χ4v) is 1.75. The Balaban J connectivity index is 2.15. The third-order valence-electron chi connectivity index (χ3n) is 2.63. The van der Waals surface area contributed by atoms with Crippen molar-refractivity contribution in [2.24, 2.45) is 0 Å². The minimum atomic E-state index is -0.978. The van der Waals surface area contributed by atoms with Gasteiger partial charge < -0.3 is 14.8 Å². The number of furan rings is 1. The number of carbonyl (C=O) groups is 2. The molecule has 98 valence electrons. The quantitative estimate of drug-likeness (QED) is 0.862. The maximum atomic E-state index is 11.9. The Morgan fingerprint density at radius 3 is 2.47 bits per heavy atom.